The fraction of sp³-hybridized carbons (Fsp3) is 0.538. The quantitative estimate of drug-likeness (QED) is 0.695. The van der Waals surface area contributed by atoms with E-state index < -0.39 is 0 Å². The van der Waals surface area contributed by atoms with Crippen molar-refractivity contribution in [3.05, 3.63) is 23.8 Å². The molecule has 0 saturated heterocycles. The van der Waals surface area contributed by atoms with Gasteiger partial charge in [0.15, 0.2) is 0 Å². The van der Waals surface area contributed by atoms with E-state index in [0.717, 1.165) is 37.6 Å². The molecule has 0 unspecified atom stereocenters. The molecular weight excluding hydrogens is 200 g/mol. The van der Waals surface area contributed by atoms with E-state index in [1.807, 2.05) is 20.0 Å². The van der Waals surface area contributed by atoms with Crippen LogP contribution in [0.25, 0.3) is 0 Å². The predicted molar refractivity (Wildman–Crippen MR) is 69.4 cm³/mol. The Hall–Kier alpha value is -1.22. The summed E-state index contributed by atoms with van der Waals surface area (Å²) in [6.07, 6.45) is 1.13. The summed E-state index contributed by atoms with van der Waals surface area (Å²) in [5.41, 5.74) is 2.34. The van der Waals surface area contributed by atoms with E-state index in [9.17, 15) is 0 Å². The molecule has 0 aliphatic carbocycles. The molecule has 2 N–H and O–H groups in total. The maximum atomic E-state index is 5.50. The van der Waals surface area contributed by atoms with Gasteiger partial charge in [-0.25, -0.2) is 0 Å². The minimum atomic E-state index is 0.718. The molecule has 3 heteroatoms. The number of rotatable bonds is 7. The molecule has 0 aliphatic heterocycles. The zero-order valence-corrected chi connectivity index (χ0v) is 10.5. The van der Waals surface area contributed by atoms with Crippen LogP contribution in [-0.2, 0) is 0 Å². The van der Waals surface area contributed by atoms with Crippen molar-refractivity contribution in [3.8, 4) is 5.75 Å². The van der Waals surface area contributed by atoms with Crippen molar-refractivity contribution in [1.82, 2.24) is 5.32 Å². The maximum Gasteiger partial charge on any atom is 0.122 e. The Balaban J connectivity index is 2.46. The number of ether oxygens (including phenoxy) is 1. The van der Waals surface area contributed by atoms with Crippen molar-refractivity contribution in [3.63, 3.8) is 0 Å². The molecule has 0 radical (unpaired) electrons. The molecule has 0 aromatic heterocycles. The smallest absolute Gasteiger partial charge is 0.122 e. The van der Waals surface area contributed by atoms with Crippen LogP contribution in [-0.4, -0.2) is 26.7 Å². The van der Waals surface area contributed by atoms with Gasteiger partial charge >= 0.3 is 0 Å². The first-order chi connectivity index (χ1) is 7.77. The monoisotopic (exact) mass is 222 g/mol. The molecule has 3 nitrogen and oxygen atoms in total. The minimum Gasteiger partial charge on any atom is -0.494 e. The van der Waals surface area contributed by atoms with Crippen molar-refractivity contribution in [2.24, 2.45) is 0 Å². The minimum absolute atomic E-state index is 0.718. The van der Waals surface area contributed by atoms with Gasteiger partial charge in [0.05, 0.1) is 6.61 Å². The average Bonchev–Trinajstić information content (AvgIpc) is 2.28. The first kappa shape index (κ1) is 12.8. The molecule has 0 atom stereocenters. The maximum absolute atomic E-state index is 5.50. The standard InChI is InChI=1S/C13H22N2O/c1-4-16-13-7-6-12(10-11(13)2)15-9-5-8-14-3/h6-7,10,14-15H,4-5,8-9H2,1-3H3. The summed E-state index contributed by atoms with van der Waals surface area (Å²) in [5, 5.41) is 6.53. The van der Waals surface area contributed by atoms with Gasteiger partial charge in [0.1, 0.15) is 5.75 Å². The molecule has 90 valence electrons. The lowest BCUT2D eigenvalue weighted by atomic mass is 10.2. The van der Waals surface area contributed by atoms with Gasteiger partial charge in [-0.05, 0) is 57.6 Å². The van der Waals surface area contributed by atoms with E-state index in [4.69, 9.17) is 4.74 Å². The summed E-state index contributed by atoms with van der Waals surface area (Å²) in [6, 6.07) is 6.22. The lowest BCUT2D eigenvalue weighted by Gasteiger charge is -2.10. The van der Waals surface area contributed by atoms with Gasteiger partial charge < -0.3 is 15.4 Å². The van der Waals surface area contributed by atoms with Crippen molar-refractivity contribution in [2.45, 2.75) is 20.3 Å². The fourth-order valence-corrected chi connectivity index (χ4v) is 1.57. The summed E-state index contributed by atoms with van der Waals surface area (Å²) in [6.45, 7) is 6.83. The van der Waals surface area contributed by atoms with Crippen LogP contribution in [0.1, 0.15) is 18.9 Å². The van der Waals surface area contributed by atoms with Gasteiger partial charge in [0.2, 0.25) is 0 Å². The second kappa shape index (κ2) is 7.12. The number of anilines is 1. The SMILES string of the molecule is CCOc1ccc(NCCCNC)cc1C. The third kappa shape index (κ3) is 4.11. The van der Waals surface area contributed by atoms with E-state index in [0.29, 0.717) is 0 Å². The van der Waals surface area contributed by atoms with E-state index in [1.54, 1.807) is 0 Å². The second-order valence-corrected chi connectivity index (χ2v) is 3.80. The first-order valence-electron chi connectivity index (χ1n) is 5.90. The Bertz CT molecular complexity index is 313. The summed E-state index contributed by atoms with van der Waals surface area (Å²) < 4.78 is 5.50. The summed E-state index contributed by atoms with van der Waals surface area (Å²) in [5.74, 6) is 0.975. The highest BCUT2D eigenvalue weighted by Gasteiger charge is 1.99. The fourth-order valence-electron chi connectivity index (χ4n) is 1.57. The van der Waals surface area contributed by atoms with Crippen LogP contribution in [0.3, 0.4) is 0 Å². The van der Waals surface area contributed by atoms with Crippen LogP contribution >= 0.6 is 0 Å². The number of aryl methyl sites for hydroxylation is 1. The number of benzene rings is 1. The summed E-state index contributed by atoms with van der Waals surface area (Å²) >= 11 is 0. The molecule has 1 rings (SSSR count). The molecule has 0 fully saturated rings. The third-order valence-electron chi connectivity index (χ3n) is 2.41. The third-order valence-corrected chi connectivity index (χ3v) is 2.41. The van der Waals surface area contributed by atoms with Crippen LogP contribution in [0.4, 0.5) is 5.69 Å². The largest absolute Gasteiger partial charge is 0.494 e. The second-order valence-electron chi connectivity index (χ2n) is 3.80. The van der Waals surface area contributed by atoms with Crippen molar-refractivity contribution in [1.29, 1.82) is 0 Å². The zero-order chi connectivity index (χ0) is 11.8. The van der Waals surface area contributed by atoms with E-state index in [2.05, 4.69) is 29.7 Å². The molecule has 0 heterocycles. The van der Waals surface area contributed by atoms with Gasteiger partial charge in [-0.15, -0.1) is 0 Å². The summed E-state index contributed by atoms with van der Waals surface area (Å²) in [7, 11) is 1.97. The van der Waals surface area contributed by atoms with Crippen LogP contribution < -0.4 is 15.4 Å². The topological polar surface area (TPSA) is 33.3 Å². The molecule has 0 aliphatic rings. The van der Waals surface area contributed by atoms with Gasteiger partial charge in [-0.1, -0.05) is 0 Å². The Morgan fingerprint density at radius 2 is 2.06 bits per heavy atom. The van der Waals surface area contributed by atoms with Crippen LogP contribution in [0.5, 0.6) is 5.75 Å². The Morgan fingerprint density at radius 3 is 2.69 bits per heavy atom. The Kier molecular flexibility index (Phi) is 5.72. The molecular formula is C13H22N2O. The van der Waals surface area contributed by atoms with Crippen LogP contribution in [0.2, 0.25) is 0 Å². The molecule has 0 amide bonds. The Morgan fingerprint density at radius 1 is 1.25 bits per heavy atom. The number of nitrogens with one attached hydrogen (secondary N) is 2. The molecule has 0 saturated carbocycles. The zero-order valence-electron chi connectivity index (χ0n) is 10.5. The van der Waals surface area contributed by atoms with Crippen molar-refractivity contribution < 1.29 is 4.74 Å². The lowest BCUT2D eigenvalue weighted by molar-refractivity contribution is 0.338. The van der Waals surface area contributed by atoms with Gasteiger partial charge in [0, 0.05) is 12.2 Å². The average molecular weight is 222 g/mol. The molecule has 16 heavy (non-hydrogen) atoms. The molecule has 1 aromatic carbocycles. The predicted octanol–water partition coefficient (Wildman–Crippen LogP) is 2.42. The molecule has 0 spiro atoms. The van der Waals surface area contributed by atoms with Gasteiger partial charge in [-0.3, -0.25) is 0 Å². The van der Waals surface area contributed by atoms with E-state index in [-0.39, 0.29) is 0 Å². The number of hydrogen-bond acceptors (Lipinski definition) is 3. The normalized spacial score (nSPS) is 10.2. The summed E-state index contributed by atoms with van der Waals surface area (Å²) in [4.78, 5) is 0. The lowest BCUT2D eigenvalue weighted by Crippen LogP contribution is -2.12. The highest BCUT2D eigenvalue weighted by molar-refractivity contribution is 5.50. The molecule has 0 bridgehead atoms. The highest BCUT2D eigenvalue weighted by atomic mass is 16.5. The Labute approximate surface area is 98.2 Å². The van der Waals surface area contributed by atoms with Gasteiger partial charge in [0.25, 0.3) is 0 Å². The molecule has 1 aromatic rings. The van der Waals surface area contributed by atoms with Crippen molar-refractivity contribution in [2.75, 3.05) is 32.1 Å². The van der Waals surface area contributed by atoms with Gasteiger partial charge in [-0.2, -0.15) is 0 Å². The van der Waals surface area contributed by atoms with E-state index >= 15 is 0 Å². The first-order valence-corrected chi connectivity index (χ1v) is 5.90. The van der Waals surface area contributed by atoms with E-state index in [1.165, 1.54) is 5.56 Å². The number of hydrogen-bond donors (Lipinski definition) is 2. The van der Waals surface area contributed by atoms with Crippen LogP contribution in [0, 0.1) is 6.92 Å². The van der Waals surface area contributed by atoms with Crippen LogP contribution in [0.15, 0.2) is 18.2 Å². The highest BCUT2D eigenvalue weighted by Crippen LogP contribution is 2.21. The van der Waals surface area contributed by atoms with Crippen molar-refractivity contribution >= 4 is 5.69 Å².